The molecule has 4 heteroatoms. The summed E-state index contributed by atoms with van der Waals surface area (Å²) < 4.78 is 40.1. The number of halogens is 3. The van der Waals surface area contributed by atoms with Gasteiger partial charge >= 0.3 is 6.11 Å². The molecule has 0 radical (unpaired) electrons. The van der Waals surface area contributed by atoms with Gasteiger partial charge in [-0.3, -0.25) is 0 Å². The molecule has 0 saturated carbocycles. The lowest BCUT2D eigenvalue weighted by Crippen LogP contribution is -2.22. The molecule has 0 heterocycles. The van der Waals surface area contributed by atoms with Gasteiger partial charge in [0.05, 0.1) is 6.61 Å². The van der Waals surface area contributed by atoms with Crippen molar-refractivity contribution in [2.24, 2.45) is 0 Å². The van der Waals surface area contributed by atoms with Gasteiger partial charge in [0.15, 0.2) is 6.67 Å². The molecule has 0 aliphatic carbocycles. The van der Waals surface area contributed by atoms with Crippen molar-refractivity contribution < 1.29 is 17.9 Å². The lowest BCUT2D eigenvalue weighted by molar-refractivity contribution is -0.252. The number of rotatable bonds is 4. The van der Waals surface area contributed by atoms with Gasteiger partial charge in [-0.15, -0.1) is 0 Å². The fraction of sp³-hybridized carbons (Fsp3) is 0.333. The van der Waals surface area contributed by atoms with E-state index in [0.29, 0.717) is 5.56 Å². The zero-order chi connectivity index (χ0) is 9.73. The first-order valence-corrected chi connectivity index (χ1v) is 3.76. The molecule has 0 amide bonds. The van der Waals surface area contributed by atoms with Gasteiger partial charge in [-0.1, -0.05) is 30.3 Å². The molecule has 13 heavy (non-hydrogen) atoms. The minimum absolute atomic E-state index is 0.280. The highest BCUT2D eigenvalue weighted by Crippen LogP contribution is 2.17. The van der Waals surface area contributed by atoms with Crippen molar-refractivity contribution in [3.63, 3.8) is 0 Å². The standard InChI is InChI=1S/C9H9F3O/c10-7-9(11,12)13-6-8-4-2-1-3-5-8/h1-5H,6-7H2. The number of benzene rings is 1. The zero-order valence-corrected chi connectivity index (χ0v) is 6.84. The van der Waals surface area contributed by atoms with Gasteiger partial charge in [0, 0.05) is 0 Å². The van der Waals surface area contributed by atoms with Gasteiger partial charge in [-0.2, -0.15) is 8.78 Å². The van der Waals surface area contributed by atoms with Crippen LogP contribution in [0.15, 0.2) is 30.3 Å². The predicted molar refractivity (Wildman–Crippen MR) is 42.2 cm³/mol. The monoisotopic (exact) mass is 190 g/mol. The molecule has 1 nitrogen and oxygen atoms in total. The van der Waals surface area contributed by atoms with Crippen LogP contribution in [0.4, 0.5) is 13.2 Å². The van der Waals surface area contributed by atoms with Crippen LogP contribution in [-0.4, -0.2) is 12.8 Å². The Labute approximate surface area is 74.1 Å². The van der Waals surface area contributed by atoms with Crippen molar-refractivity contribution in [2.75, 3.05) is 6.67 Å². The van der Waals surface area contributed by atoms with E-state index in [9.17, 15) is 13.2 Å². The molecule has 0 N–H and O–H groups in total. The van der Waals surface area contributed by atoms with E-state index in [1.54, 1.807) is 30.3 Å². The third kappa shape index (κ3) is 3.46. The molecule has 0 aliphatic heterocycles. The van der Waals surface area contributed by atoms with Crippen LogP contribution in [-0.2, 0) is 11.3 Å². The van der Waals surface area contributed by atoms with E-state index in [4.69, 9.17) is 0 Å². The molecule has 0 unspecified atom stereocenters. The minimum Gasteiger partial charge on any atom is -0.314 e. The van der Waals surface area contributed by atoms with Gasteiger partial charge in [-0.05, 0) is 5.56 Å². The molecular weight excluding hydrogens is 181 g/mol. The van der Waals surface area contributed by atoms with Crippen molar-refractivity contribution >= 4 is 0 Å². The van der Waals surface area contributed by atoms with E-state index in [-0.39, 0.29) is 6.61 Å². The summed E-state index contributed by atoms with van der Waals surface area (Å²) in [7, 11) is 0. The first kappa shape index (κ1) is 10.1. The number of hydrogen-bond donors (Lipinski definition) is 0. The lowest BCUT2D eigenvalue weighted by Gasteiger charge is -2.12. The summed E-state index contributed by atoms with van der Waals surface area (Å²) >= 11 is 0. The third-order valence-corrected chi connectivity index (χ3v) is 1.45. The summed E-state index contributed by atoms with van der Waals surface area (Å²) in [4.78, 5) is 0. The normalized spacial score (nSPS) is 11.6. The fourth-order valence-corrected chi connectivity index (χ4v) is 0.802. The number of ether oxygens (including phenoxy) is 1. The molecule has 0 bridgehead atoms. The molecule has 0 aromatic heterocycles. The average Bonchev–Trinajstić information content (AvgIpc) is 2.17. The van der Waals surface area contributed by atoms with Crippen LogP contribution in [0.1, 0.15) is 5.56 Å². The van der Waals surface area contributed by atoms with E-state index >= 15 is 0 Å². The molecule has 1 aromatic carbocycles. The van der Waals surface area contributed by atoms with Gasteiger partial charge < -0.3 is 4.74 Å². The van der Waals surface area contributed by atoms with E-state index in [0.717, 1.165) is 0 Å². The maximum atomic E-state index is 12.2. The molecule has 1 aromatic rings. The molecule has 0 atom stereocenters. The van der Waals surface area contributed by atoms with Crippen molar-refractivity contribution in [1.82, 2.24) is 0 Å². The molecule has 0 saturated heterocycles. The predicted octanol–water partition coefficient (Wildman–Crippen LogP) is 2.77. The maximum absolute atomic E-state index is 12.2. The van der Waals surface area contributed by atoms with Crippen LogP contribution in [0.25, 0.3) is 0 Å². The van der Waals surface area contributed by atoms with Gasteiger partial charge in [-0.25, -0.2) is 4.39 Å². The Hall–Kier alpha value is -1.03. The Balaban J connectivity index is 2.44. The SMILES string of the molecule is FCC(F)(F)OCc1ccccc1. The molecular formula is C9H9F3O. The molecule has 1 rings (SSSR count). The summed E-state index contributed by atoms with van der Waals surface area (Å²) in [6, 6.07) is 8.43. The molecule has 0 spiro atoms. The summed E-state index contributed by atoms with van der Waals surface area (Å²) in [5, 5.41) is 0. The number of hydrogen-bond acceptors (Lipinski definition) is 1. The fourth-order valence-electron chi connectivity index (χ4n) is 0.802. The Morgan fingerprint density at radius 1 is 1.15 bits per heavy atom. The Morgan fingerprint density at radius 3 is 2.31 bits per heavy atom. The smallest absolute Gasteiger partial charge is 0.314 e. The number of alkyl halides is 3. The van der Waals surface area contributed by atoms with E-state index < -0.39 is 12.8 Å². The van der Waals surface area contributed by atoms with Crippen LogP contribution in [0.5, 0.6) is 0 Å². The first-order chi connectivity index (χ1) is 6.14. The lowest BCUT2D eigenvalue weighted by atomic mass is 10.2. The highest BCUT2D eigenvalue weighted by atomic mass is 19.3. The van der Waals surface area contributed by atoms with Crippen molar-refractivity contribution in [3.8, 4) is 0 Å². The summed E-state index contributed by atoms with van der Waals surface area (Å²) in [5.74, 6) is 0. The average molecular weight is 190 g/mol. The van der Waals surface area contributed by atoms with Crippen LogP contribution in [0, 0.1) is 0 Å². The maximum Gasteiger partial charge on any atom is 0.384 e. The summed E-state index contributed by atoms with van der Waals surface area (Å²) in [5.41, 5.74) is 0.593. The quantitative estimate of drug-likeness (QED) is 0.709. The summed E-state index contributed by atoms with van der Waals surface area (Å²) in [6.45, 7) is -2.07. The largest absolute Gasteiger partial charge is 0.384 e. The van der Waals surface area contributed by atoms with Crippen LogP contribution < -0.4 is 0 Å². The first-order valence-electron chi connectivity index (χ1n) is 3.76. The Morgan fingerprint density at radius 2 is 1.77 bits per heavy atom. The van der Waals surface area contributed by atoms with Gasteiger partial charge in [0.2, 0.25) is 0 Å². The van der Waals surface area contributed by atoms with Crippen LogP contribution >= 0.6 is 0 Å². The molecule has 0 aliphatic rings. The van der Waals surface area contributed by atoms with E-state index in [1.165, 1.54) is 0 Å². The third-order valence-electron chi connectivity index (χ3n) is 1.45. The van der Waals surface area contributed by atoms with Gasteiger partial charge in [0.25, 0.3) is 0 Å². The summed E-state index contributed by atoms with van der Waals surface area (Å²) in [6.07, 6.45) is -3.67. The van der Waals surface area contributed by atoms with Crippen molar-refractivity contribution in [1.29, 1.82) is 0 Å². The zero-order valence-electron chi connectivity index (χ0n) is 6.84. The second kappa shape index (κ2) is 4.28. The van der Waals surface area contributed by atoms with Gasteiger partial charge in [0.1, 0.15) is 0 Å². The molecule has 0 fully saturated rings. The van der Waals surface area contributed by atoms with E-state index in [2.05, 4.69) is 4.74 Å². The second-order valence-electron chi connectivity index (χ2n) is 2.55. The highest BCUT2D eigenvalue weighted by molar-refractivity contribution is 5.13. The van der Waals surface area contributed by atoms with Crippen LogP contribution in [0.2, 0.25) is 0 Å². The van der Waals surface area contributed by atoms with Crippen molar-refractivity contribution in [2.45, 2.75) is 12.7 Å². The van der Waals surface area contributed by atoms with E-state index in [1.807, 2.05) is 0 Å². The Bertz CT molecular complexity index is 248. The topological polar surface area (TPSA) is 9.23 Å². The highest BCUT2D eigenvalue weighted by Gasteiger charge is 2.29. The second-order valence-corrected chi connectivity index (χ2v) is 2.55. The minimum atomic E-state index is -3.67. The van der Waals surface area contributed by atoms with Crippen molar-refractivity contribution in [3.05, 3.63) is 35.9 Å². The Kier molecular flexibility index (Phi) is 3.31. The molecule has 72 valence electrons. The van der Waals surface area contributed by atoms with Crippen LogP contribution in [0.3, 0.4) is 0 Å².